The van der Waals surface area contributed by atoms with Gasteiger partial charge in [0.15, 0.2) is 0 Å². The second-order valence-corrected chi connectivity index (χ2v) is 3.06. The summed E-state index contributed by atoms with van der Waals surface area (Å²) >= 11 is 0. The van der Waals surface area contributed by atoms with Crippen LogP contribution in [0.25, 0.3) is 0 Å². The summed E-state index contributed by atoms with van der Waals surface area (Å²) in [5.41, 5.74) is 5.48. The summed E-state index contributed by atoms with van der Waals surface area (Å²) in [4.78, 5) is 11.2. The number of nitrogens with zero attached hydrogens (tertiary/aromatic N) is 1. The van der Waals surface area contributed by atoms with E-state index in [9.17, 15) is 4.79 Å². The molecule has 0 bridgehead atoms. The van der Waals surface area contributed by atoms with E-state index in [-0.39, 0.29) is 16.9 Å². The van der Waals surface area contributed by atoms with Crippen molar-refractivity contribution in [1.29, 1.82) is 5.26 Å². The van der Waals surface area contributed by atoms with Gasteiger partial charge in [0, 0.05) is 6.20 Å². The van der Waals surface area contributed by atoms with Crippen LogP contribution < -0.4 is 5.73 Å². The van der Waals surface area contributed by atoms with Crippen molar-refractivity contribution in [3.05, 3.63) is 35.8 Å². The van der Waals surface area contributed by atoms with E-state index in [2.05, 4.69) is 11.3 Å². The maximum Gasteiger partial charge on any atom is 0.339 e. The smallest absolute Gasteiger partial charge is 0.339 e. The highest BCUT2D eigenvalue weighted by Crippen LogP contribution is 2.12. The zero-order valence-corrected chi connectivity index (χ0v) is 10.0. The lowest BCUT2D eigenvalue weighted by Gasteiger charge is -2.07. The molecule has 0 fully saturated rings. The molecule has 0 aliphatic heterocycles. The van der Waals surface area contributed by atoms with Gasteiger partial charge in [-0.1, -0.05) is 13.5 Å². The van der Waals surface area contributed by atoms with Gasteiger partial charge in [-0.2, -0.15) is 5.26 Å². The van der Waals surface area contributed by atoms with E-state index in [1.165, 1.54) is 13.2 Å². The fraction of sp³-hybridized carbons (Fsp3) is 0.333. The van der Waals surface area contributed by atoms with Crippen molar-refractivity contribution in [3.8, 4) is 6.07 Å². The maximum atomic E-state index is 11.2. The number of carbonyl (C=O) groups is 1. The Kier molecular flexibility index (Phi) is 6.95. The number of nitriles is 1. The molecule has 5 nitrogen and oxygen atoms in total. The Bertz CT molecular complexity index is 389. The zero-order valence-electron chi connectivity index (χ0n) is 10.0. The topological polar surface area (TPSA) is 85.3 Å². The quantitative estimate of drug-likeness (QED) is 0.247. The van der Waals surface area contributed by atoms with Crippen LogP contribution in [0.5, 0.6) is 0 Å². The van der Waals surface area contributed by atoms with E-state index in [1.807, 2.05) is 13.0 Å². The molecule has 0 heterocycles. The molecule has 0 aromatic carbocycles. The van der Waals surface area contributed by atoms with Crippen molar-refractivity contribution in [2.45, 2.75) is 13.3 Å². The van der Waals surface area contributed by atoms with Crippen molar-refractivity contribution in [3.63, 3.8) is 0 Å². The van der Waals surface area contributed by atoms with Crippen LogP contribution in [0.3, 0.4) is 0 Å². The highest BCUT2D eigenvalue weighted by molar-refractivity contribution is 5.91. The first-order valence-corrected chi connectivity index (χ1v) is 5.04. The molecule has 0 saturated carbocycles. The highest BCUT2D eigenvalue weighted by atomic mass is 16.5. The summed E-state index contributed by atoms with van der Waals surface area (Å²) in [5.74, 6) is -0.416. The highest BCUT2D eigenvalue weighted by Gasteiger charge is 2.10. The second-order valence-electron chi connectivity index (χ2n) is 3.06. The Morgan fingerprint density at radius 2 is 2.24 bits per heavy atom. The Balaban J connectivity index is 4.93. The number of hydrogen-bond donors (Lipinski definition) is 1. The van der Waals surface area contributed by atoms with E-state index < -0.39 is 5.97 Å². The summed E-state index contributed by atoms with van der Waals surface area (Å²) < 4.78 is 9.70. The van der Waals surface area contributed by atoms with Gasteiger partial charge in [-0.05, 0) is 12.5 Å². The summed E-state index contributed by atoms with van der Waals surface area (Å²) in [6.45, 7) is 5.99. The minimum absolute atomic E-state index is 0.0744. The maximum absolute atomic E-state index is 11.2. The fourth-order valence-electron chi connectivity index (χ4n) is 0.927. The van der Waals surface area contributed by atoms with Crippen LogP contribution in [0.15, 0.2) is 35.8 Å². The number of carbonyl (C=O) groups excluding carboxylic acids is 1. The van der Waals surface area contributed by atoms with Gasteiger partial charge in [-0.25, -0.2) is 4.79 Å². The molecule has 0 rings (SSSR count). The van der Waals surface area contributed by atoms with Gasteiger partial charge in [0.2, 0.25) is 0 Å². The molecule has 0 atom stereocenters. The summed E-state index contributed by atoms with van der Waals surface area (Å²) in [6.07, 6.45) is 3.15. The standard InChI is InChI=1S/C12H16N2O3/c1-4-5-17-9(2)10(7-13)6-11(8-14)12(15)16-3/h6,8H,2,4-5,14H2,1,3H3/b10-6-,11-8+. The fourth-order valence-corrected chi connectivity index (χ4v) is 0.927. The minimum atomic E-state index is -0.622. The zero-order chi connectivity index (χ0) is 13.3. The molecule has 92 valence electrons. The molecule has 2 N–H and O–H groups in total. The Morgan fingerprint density at radius 1 is 1.59 bits per heavy atom. The third-order valence-corrected chi connectivity index (χ3v) is 1.80. The second kappa shape index (κ2) is 7.99. The van der Waals surface area contributed by atoms with Gasteiger partial charge < -0.3 is 15.2 Å². The van der Waals surface area contributed by atoms with Crippen molar-refractivity contribution >= 4 is 5.97 Å². The number of ether oxygens (including phenoxy) is 2. The van der Waals surface area contributed by atoms with Crippen molar-refractivity contribution < 1.29 is 14.3 Å². The first-order valence-electron chi connectivity index (χ1n) is 5.04. The van der Waals surface area contributed by atoms with Crippen molar-refractivity contribution in [2.24, 2.45) is 5.73 Å². The average molecular weight is 236 g/mol. The number of nitrogens with two attached hydrogens (primary N) is 1. The molecule has 0 aliphatic rings. The first-order chi connectivity index (χ1) is 8.10. The lowest BCUT2D eigenvalue weighted by molar-refractivity contribution is -0.135. The van der Waals surface area contributed by atoms with Gasteiger partial charge in [0.25, 0.3) is 0 Å². The van der Waals surface area contributed by atoms with Gasteiger partial charge in [-0.15, -0.1) is 0 Å². The molecular weight excluding hydrogens is 220 g/mol. The monoisotopic (exact) mass is 236 g/mol. The van der Waals surface area contributed by atoms with Crippen molar-refractivity contribution in [1.82, 2.24) is 0 Å². The Hall–Kier alpha value is -2.22. The van der Waals surface area contributed by atoms with E-state index >= 15 is 0 Å². The van der Waals surface area contributed by atoms with Crippen LogP contribution in [0.1, 0.15) is 13.3 Å². The van der Waals surface area contributed by atoms with Gasteiger partial charge in [0.1, 0.15) is 11.8 Å². The molecule has 0 unspecified atom stereocenters. The van der Waals surface area contributed by atoms with Crippen LogP contribution in [0.2, 0.25) is 0 Å². The molecule has 5 heteroatoms. The van der Waals surface area contributed by atoms with Crippen LogP contribution >= 0.6 is 0 Å². The predicted octanol–water partition coefficient (Wildman–Crippen LogP) is 1.39. The molecule has 0 saturated heterocycles. The number of esters is 1. The van der Waals surface area contributed by atoms with Crippen LogP contribution in [-0.4, -0.2) is 19.7 Å². The van der Waals surface area contributed by atoms with E-state index in [0.717, 1.165) is 12.6 Å². The van der Waals surface area contributed by atoms with Gasteiger partial charge >= 0.3 is 5.97 Å². The predicted molar refractivity (Wildman–Crippen MR) is 63.4 cm³/mol. The Labute approximate surface area is 101 Å². The van der Waals surface area contributed by atoms with Crippen LogP contribution in [-0.2, 0) is 14.3 Å². The summed E-state index contributed by atoms with van der Waals surface area (Å²) in [7, 11) is 1.23. The Morgan fingerprint density at radius 3 is 2.65 bits per heavy atom. The van der Waals surface area contributed by atoms with E-state index in [1.54, 1.807) is 0 Å². The lowest BCUT2D eigenvalue weighted by Crippen LogP contribution is -2.06. The molecule has 0 amide bonds. The van der Waals surface area contributed by atoms with Crippen molar-refractivity contribution in [2.75, 3.05) is 13.7 Å². The molecule has 0 aromatic rings. The summed E-state index contributed by atoms with van der Waals surface area (Å²) in [5, 5.41) is 8.92. The summed E-state index contributed by atoms with van der Waals surface area (Å²) in [6, 6.07) is 1.89. The average Bonchev–Trinajstić information content (AvgIpc) is 2.36. The largest absolute Gasteiger partial charge is 0.493 e. The number of rotatable bonds is 6. The van der Waals surface area contributed by atoms with E-state index in [0.29, 0.717) is 6.61 Å². The van der Waals surface area contributed by atoms with Gasteiger partial charge in [-0.3, -0.25) is 0 Å². The van der Waals surface area contributed by atoms with E-state index in [4.69, 9.17) is 15.7 Å². The van der Waals surface area contributed by atoms with Gasteiger partial charge in [0.05, 0.1) is 24.9 Å². The van der Waals surface area contributed by atoms with Crippen LogP contribution in [0.4, 0.5) is 0 Å². The molecule has 0 aliphatic carbocycles. The third-order valence-electron chi connectivity index (χ3n) is 1.80. The van der Waals surface area contributed by atoms with Crippen LogP contribution in [0, 0.1) is 11.3 Å². The number of methoxy groups -OCH3 is 1. The molecule has 0 aromatic heterocycles. The number of hydrogen-bond acceptors (Lipinski definition) is 5. The molecule has 0 radical (unpaired) electrons. The minimum Gasteiger partial charge on any atom is -0.493 e. The third kappa shape index (κ3) is 4.89. The molecule has 17 heavy (non-hydrogen) atoms. The molecule has 0 spiro atoms. The normalized spacial score (nSPS) is 11.6. The number of allylic oxidation sites excluding steroid dienone is 1. The lowest BCUT2D eigenvalue weighted by atomic mass is 10.1. The first kappa shape index (κ1) is 14.8. The molecular formula is C12H16N2O3. The SMILES string of the molecule is C=C(OCCC)/C(C#N)=C\C(=C/N)C(=O)OC.